The summed E-state index contributed by atoms with van der Waals surface area (Å²) in [5.41, 5.74) is 6.05. The predicted octanol–water partition coefficient (Wildman–Crippen LogP) is 7.40. The molecular weight excluding hydrogens is 426 g/mol. The molecule has 33 heavy (non-hydrogen) atoms. The van der Waals surface area contributed by atoms with Gasteiger partial charge in [0.05, 0.1) is 5.52 Å². The third-order valence-corrected chi connectivity index (χ3v) is 6.50. The number of fused-ring (bicyclic) bond motifs is 1. The lowest BCUT2D eigenvalue weighted by Gasteiger charge is -2.23. The maximum Gasteiger partial charge on any atom is 0.127 e. The quantitative estimate of drug-likeness (QED) is 0.329. The highest BCUT2D eigenvalue weighted by molar-refractivity contribution is 6.30. The van der Waals surface area contributed by atoms with E-state index in [-0.39, 0.29) is 0 Å². The summed E-state index contributed by atoms with van der Waals surface area (Å²) in [6.07, 6.45) is 8.30. The third-order valence-electron chi connectivity index (χ3n) is 6.25. The number of aromatic nitrogens is 2. The monoisotopic (exact) mass is 451 g/mol. The first-order valence-corrected chi connectivity index (χ1v) is 11.9. The summed E-state index contributed by atoms with van der Waals surface area (Å²) in [5, 5.41) is 5.51. The molecule has 3 nitrogen and oxygen atoms in total. The molecule has 2 aromatic heterocycles. The topological polar surface area (TPSA) is 37.8 Å². The van der Waals surface area contributed by atoms with Crippen molar-refractivity contribution >= 4 is 28.3 Å². The second-order valence-corrected chi connectivity index (χ2v) is 9.16. The van der Waals surface area contributed by atoms with Crippen molar-refractivity contribution in [2.45, 2.75) is 45.1 Å². The van der Waals surface area contributed by atoms with Gasteiger partial charge in [-0.2, -0.15) is 0 Å². The van der Waals surface area contributed by atoms with E-state index in [4.69, 9.17) is 16.6 Å². The van der Waals surface area contributed by atoms with Crippen molar-refractivity contribution in [1.29, 1.82) is 0 Å². The Morgan fingerprint density at radius 1 is 0.879 bits per heavy atom. The summed E-state index contributed by atoms with van der Waals surface area (Å²) in [7, 11) is 0. The molecule has 0 unspecified atom stereocenters. The zero-order valence-corrected chi connectivity index (χ0v) is 19.5. The fourth-order valence-corrected chi connectivity index (χ4v) is 4.55. The summed E-state index contributed by atoms with van der Waals surface area (Å²) in [6.45, 7) is 2.14. The number of nitrogens with zero attached hydrogens (tertiary/aromatic N) is 2. The Bertz CT molecular complexity index is 1330. The average Bonchev–Trinajstić information content (AvgIpc) is 2.84. The van der Waals surface area contributed by atoms with Gasteiger partial charge in [0.2, 0.25) is 0 Å². The summed E-state index contributed by atoms with van der Waals surface area (Å²) in [5.74, 6) is 7.42. The lowest BCUT2D eigenvalue weighted by Crippen LogP contribution is -2.22. The van der Waals surface area contributed by atoms with Crippen molar-refractivity contribution in [3.05, 3.63) is 88.7 Å². The molecule has 1 aliphatic rings. The first kappa shape index (κ1) is 21.5. The van der Waals surface area contributed by atoms with Gasteiger partial charge in [0, 0.05) is 33.8 Å². The molecular formula is C29H26ClN3. The lowest BCUT2D eigenvalue weighted by molar-refractivity contribution is 0.462. The standard InChI is InChI=1S/C29H26ClN3/c1-20-17-29(32-26-5-3-2-4-6-26)33-28-16-8-21(18-27(20)28)7-14-25-15-11-23(19-31-25)22-9-12-24(30)13-10-22/h8-13,15-19,26H,2-6H2,1H3,(H,32,33). The van der Waals surface area contributed by atoms with Crippen molar-refractivity contribution < 1.29 is 0 Å². The Hall–Kier alpha value is -3.35. The molecule has 4 heteroatoms. The summed E-state index contributed by atoms with van der Waals surface area (Å²) in [4.78, 5) is 9.37. The van der Waals surface area contributed by atoms with E-state index in [0.29, 0.717) is 6.04 Å². The molecule has 1 fully saturated rings. The molecule has 0 spiro atoms. The summed E-state index contributed by atoms with van der Waals surface area (Å²) < 4.78 is 0. The normalized spacial score (nSPS) is 14.0. The lowest BCUT2D eigenvalue weighted by atomic mass is 9.95. The molecule has 5 rings (SSSR count). The van der Waals surface area contributed by atoms with Crippen LogP contribution < -0.4 is 5.32 Å². The van der Waals surface area contributed by atoms with Gasteiger partial charge in [0.1, 0.15) is 11.5 Å². The van der Waals surface area contributed by atoms with Crippen LogP contribution in [0.1, 0.15) is 48.9 Å². The van der Waals surface area contributed by atoms with Crippen molar-refractivity contribution in [3.63, 3.8) is 0 Å². The van der Waals surface area contributed by atoms with Gasteiger partial charge in [-0.25, -0.2) is 9.97 Å². The van der Waals surface area contributed by atoms with Crippen LogP contribution in [-0.4, -0.2) is 16.0 Å². The van der Waals surface area contributed by atoms with Crippen molar-refractivity contribution in [3.8, 4) is 23.0 Å². The maximum atomic E-state index is 5.98. The molecule has 1 aliphatic carbocycles. The van der Waals surface area contributed by atoms with Crippen LogP contribution in [0.25, 0.3) is 22.0 Å². The van der Waals surface area contributed by atoms with E-state index in [1.165, 1.54) is 37.7 Å². The van der Waals surface area contributed by atoms with Crippen LogP contribution in [0, 0.1) is 18.8 Å². The number of aryl methyl sites for hydroxylation is 1. The Balaban J connectivity index is 1.34. The zero-order valence-electron chi connectivity index (χ0n) is 18.7. The average molecular weight is 452 g/mol. The van der Waals surface area contributed by atoms with Crippen LogP contribution in [0.4, 0.5) is 5.82 Å². The number of hydrogen-bond donors (Lipinski definition) is 1. The van der Waals surface area contributed by atoms with Gasteiger partial charge in [-0.1, -0.05) is 55.0 Å². The number of nitrogens with one attached hydrogen (secondary N) is 1. The van der Waals surface area contributed by atoms with E-state index in [1.54, 1.807) is 0 Å². The highest BCUT2D eigenvalue weighted by Crippen LogP contribution is 2.25. The van der Waals surface area contributed by atoms with Crippen LogP contribution in [0.5, 0.6) is 0 Å². The van der Waals surface area contributed by atoms with Crippen LogP contribution in [0.2, 0.25) is 5.02 Å². The maximum absolute atomic E-state index is 5.98. The van der Waals surface area contributed by atoms with Gasteiger partial charge in [-0.15, -0.1) is 0 Å². The number of rotatable bonds is 3. The fourth-order valence-electron chi connectivity index (χ4n) is 4.42. The van der Waals surface area contributed by atoms with E-state index in [2.05, 4.69) is 47.3 Å². The number of benzene rings is 2. The Morgan fingerprint density at radius 2 is 1.67 bits per heavy atom. The minimum atomic E-state index is 0.548. The first-order valence-electron chi connectivity index (χ1n) is 11.6. The molecule has 164 valence electrons. The van der Waals surface area contributed by atoms with Crippen LogP contribution in [0.3, 0.4) is 0 Å². The fraction of sp³-hybridized carbons (Fsp3) is 0.241. The third kappa shape index (κ3) is 5.18. The van der Waals surface area contributed by atoms with Gasteiger partial charge in [0.15, 0.2) is 0 Å². The zero-order chi connectivity index (χ0) is 22.6. The molecule has 0 aliphatic heterocycles. The SMILES string of the molecule is Cc1cc(NC2CCCCC2)nc2ccc(C#Cc3ccc(-c4ccc(Cl)cc4)cn3)cc12. The highest BCUT2D eigenvalue weighted by atomic mass is 35.5. The Labute approximate surface area is 200 Å². The van der Waals surface area contributed by atoms with Crippen molar-refractivity contribution in [2.24, 2.45) is 0 Å². The second-order valence-electron chi connectivity index (χ2n) is 8.72. The Morgan fingerprint density at radius 3 is 2.42 bits per heavy atom. The van der Waals surface area contributed by atoms with E-state index in [1.807, 2.05) is 48.7 Å². The van der Waals surface area contributed by atoms with Crippen LogP contribution in [0.15, 0.2) is 66.9 Å². The highest BCUT2D eigenvalue weighted by Gasteiger charge is 2.14. The smallest absolute Gasteiger partial charge is 0.127 e. The molecule has 2 aromatic carbocycles. The molecule has 0 saturated heterocycles. The van der Waals surface area contributed by atoms with Gasteiger partial charge < -0.3 is 5.32 Å². The summed E-state index contributed by atoms with van der Waals surface area (Å²) in [6, 6.07) is 20.7. The van der Waals surface area contributed by atoms with E-state index in [9.17, 15) is 0 Å². The van der Waals surface area contributed by atoms with E-state index < -0.39 is 0 Å². The van der Waals surface area contributed by atoms with Crippen molar-refractivity contribution in [1.82, 2.24) is 9.97 Å². The first-order chi connectivity index (χ1) is 16.1. The largest absolute Gasteiger partial charge is 0.367 e. The van der Waals surface area contributed by atoms with Gasteiger partial charge in [-0.3, -0.25) is 0 Å². The van der Waals surface area contributed by atoms with Gasteiger partial charge >= 0.3 is 0 Å². The molecule has 2 heterocycles. The molecule has 0 bridgehead atoms. The molecule has 4 aromatic rings. The molecule has 0 radical (unpaired) electrons. The van der Waals surface area contributed by atoms with Gasteiger partial charge in [0.25, 0.3) is 0 Å². The van der Waals surface area contributed by atoms with Crippen LogP contribution in [-0.2, 0) is 0 Å². The van der Waals surface area contributed by atoms with E-state index in [0.717, 1.165) is 44.1 Å². The number of pyridine rings is 2. The second kappa shape index (κ2) is 9.65. The number of anilines is 1. The predicted molar refractivity (Wildman–Crippen MR) is 138 cm³/mol. The Kier molecular flexibility index (Phi) is 6.28. The van der Waals surface area contributed by atoms with E-state index >= 15 is 0 Å². The molecule has 0 amide bonds. The summed E-state index contributed by atoms with van der Waals surface area (Å²) >= 11 is 5.98. The minimum absolute atomic E-state index is 0.548. The molecule has 1 N–H and O–H groups in total. The molecule has 1 saturated carbocycles. The number of hydrogen-bond acceptors (Lipinski definition) is 3. The minimum Gasteiger partial charge on any atom is -0.367 e. The van der Waals surface area contributed by atoms with Crippen LogP contribution >= 0.6 is 11.6 Å². The van der Waals surface area contributed by atoms with Gasteiger partial charge in [-0.05, 0) is 79.3 Å². The van der Waals surface area contributed by atoms with Crippen molar-refractivity contribution in [2.75, 3.05) is 5.32 Å². The molecule has 0 atom stereocenters. The number of halogens is 1.